The standard InChI is InChI=1S/C16H22N2O2S/c1-16(2)10-18-15(21-11-16)17-6-5-12-3-4-13-14(9-12)20-8-7-19-13/h3-4,9H,5-8,10-11H2,1-2H3,(H,17,18). The van der Waals surface area contributed by atoms with Gasteiger partial charge in [0, 0.05) is 18.8 Å². The molecule has 0 radical (unpaired) electrons. The molecule has 1 N–H and O–H groups in total. The summed E-state index contributed by atoms with van der Waals surface area (Å²) in [6.07, 6.45) is 0.958. The SMILES string of the molecule is CC1(C)CN=C(NCCc2ccc3c(c2)OCCO3)SC1. The molecule has 5 heteroatoms. The number of thioether (sulfide) groups is 1. The lowest BCUT2D eigenvalue weighted by atomic mass is 9.97. The molecule has 1 aromatic carbocycles. The minimum Gasteiger partial charge on any atom is -0.486 e. The van der Waals surface area contributed by atoms with Crippen molar-refractivity contribution in [3.8, 4) is 11.5 Å². The Morgan fingerprint density at radius 2 is 2.05 bits per heavy atom. The van der Waals surface area contributed by atoms with Crippen LogP contribution in [0.3, 0.4) is 0 Å². The number of hydrogen-bond donors (Lipinski definition) is 1. The molecule has 2 aliphatic heterocycles. The Bertz CT molecular complexity index is 543. The first-order chi connectivity index (χ1) is 10.1. The van der Waals surface area contributed by atoms with E-state index in [4.69, 9.17) is 9.47 Å². The molecule has 0 amide bonds. The first-order valence-corrected chi connectivity index (χ1v) is 8.41. The smallest absolute Gasteiger partial charge is 0.161 e. The molecule has 0 fully saturated rings. The van der Waals surface area contributed by atoms with Crippen LogP contribution in [0.15, 0.2) is 23.2 Å². The maximum absolute atomic E-state index is 5.61. The summed E-state index contributed by atoms with van der Waals surface area (Å²) in [6.45, 7) is 7.60. The van der Waals surface area contributed by atoms with Crippen LogP contribution in [-0.4, -0.2) is 37.2 Å². The molecule has 4 nitrogen and oxygen atoms in total. The molecule has 0 bridgehead atoms. The predicted octanol–water partition coefficient (Wildman–Crippen LogP) is 2.72. The van der Waals surface area contributed by atoms with Crippen molar-refractivity contribution < 1.29 is 9.47 Å². The third-order valence-electron chi connectivity index (χ3n) is 3.55. The van der Waals surface area contributed by atoms with Crippen molar-refractivity contribution in [3.05, 3.63) is 23.8 Å². The molecule has 2 aliphatic rings. The van der Waals surface area contributed by atoms with E-state index in [1.54, 1.807) is 0 Å². The molecule has 0 saturated carbocycles. The molecule has 3 rings (SSSR count). The first-order valence-electron chi connectivity index (χ1n) is 7.42. The summed E-state index contributed by atoms with van der Waals surface area (Å²) in [6, 6.07) is 6.18. The minimum absolute atomic E-state index is 0.325. The lowest BCUT2D eigenvalue weighted by Crippen LogP contribution is -2.32. The fourth-order valence-electron chi connectivity index (χ4n) is 2.30. The highest BCUT2D eigenvalue weighted by atomic mass is 32.2. The van der Waals surface area contributed by atoms with Crippen molar-refractivity contribution in [2.24, 2.45) is 10.4 Å². The normalized spacial score (nSPS) is 19.8. The van der Waals surface area contributed by atoms with Gasteiger partial charge in [0.2, 0.25) is 0 Å². The number of benzene rings is 1. The van der Waals surface area contributed by atoms with E-state index < -0.39 is 0 Å². The van der Waals surface area contributed by atoms with Gasteiger partial charge in [-0.2, -0.15) is 0 Å². The summed E-state index contributed by atoms with van der Waals surface area (Å²) in [4.78, 5) is 4.61. The van der Waals surface area contributed by atoms with Crippen LogP contribution in [0.1, 0.15) is 19.4 Å². The summed E-state index contributed by atoms with van der Waals surface area (Å²) >= 11 is 1.82. The third-order valence-corrected chi connectivity index (χ3v) is 5.02. The van der Waals surface area contributed by atoms with Gasteiger partial charge in [-0.05, 0) is 29.5 Å². The summed E-state index contributed by atoms with van der Waals surface area (Å²) in [5.74, 6) is 2.85. The molecule has 1 aromatic rings. The Morgan fingerprint density at radius 1 is 1.24 bits per heavy atom. The molecule has 114 valence electrons. The first kappa shape index (κ1) is 14.6. The monoisotopic (exact) mass is 306 g/mol. The molecular formula is C16H22N2O2S. The Kier molecular flexibility index (Phi) is 4.29. The molecular weight excluding hydrogens is 284 g/mol. The predicted molar refractivity (Wildman–Crippen MR) is 87.7 cm³/mol. The van der Waals surface area contributed by atoms with E-state index >= 15 is 0 Å². The van der Waals surface area contributed by atoms with E-state index in [0.717, 1.165) is 41.9 Å². The van der Waals surface area contributed by atoms with Crippen LogP contribution in [0.4, 0.5) is 0 Å². The molecule has 2 heterocycles. The van der Waals surface area contributed by atoms with Crippen LogP contribution >= 0.6 is 11.8 Å². The summed E-state index contributed by atoms with van der Waals surface area (Å²) in [7, 11) is 0. The van der Waals surface area contributed by atoms with Gasteiger partial charge in [0.1, 0.15) is 13.2 Å². The molecule has 21 heavy (non-hydrogen) atoms. The zero-order valence-electron chi connectivity index (χ0n) is 12.6. The van der Waals surface area contributed by atoms with Crippen LogP contribution in [0, 0.1) is 5.41 Å². The molecule has 0 atom stereocenters. The van der Waals surface area contributed by atoms with Gasteiger partial charge in [-0.25, -0.2) is 0 Å². The number of ether oxygens (including phenoxy) is 2. The molecule has 0 aliphatic carbocycles. The van der Waals surface area contributed by atoms with Gasteiger partial charge in [0.05, 0.1) is 0 Å². The number of nitrogens with one attached hydrogen (secondary N) is 1. The van der Waals surface area contributed by atoms with E-state index in [1.165, 1.54) is 5.56 Å². The molecule has 0 spiro atoms. The summed E-state index contributed by atoms with van der Waals surface area (Å²) < 4.78 is 11.1. The highest BCUT2D eigenvalue weighted by Gasteiger charge is 2.23. The van der Waals surface area contributed by atoms with Crippen LogP contribution in [0.25, 0.3) is 0 Å². The van der Waals surface area contributed by atoms with Gasteiger partial charge in [0.15, 0.2) is 16.7 Å². The van der Waals surface area contributed by atoms with E-state index in [-0.39, 0.29) is 0 Å². The molecule has 0 unspecified atom stereocenters. The Labute approximate surface area is 130 Å². The van der Waals surface area contributed by atoms with Gasteiger partial charge in [-0.15, -0.1) is 0 Å². The van der Waals surface area contributed by atoms with E-state index in [1.807, 2.05) is 17.8 Å². The quantitative estimate of drug-likeness (QED) is 0.932. The summed E-state index contributed by atoms with van der Waals surface area (Å²) in [5.41, 5.74) is 1.58. The second-order valence-electron chi connectivity index (χ2n) is 6.23. The number of fused-ring (bicyclic) bond motifs is 1. The van der Waals surface area contributed by atoms with Gasteiger partial charge in [0.25, 0.3) is 0 Å². The average Bonchev–Trinajstić information content (AvgIpc) is 2.49. The molecule has 0 saturated heterocycles. The average molecular weight is 306 g/mol. The Balaban J connectivity index is 1.51. The number of hydrogen-bond acceptors (Lipinski definition) is 5. The van der Waals surface area contributed by atoms with Crippen molar-refractivity contribution in [3.63, 3.8) is 0 Å². The van der Waals surface area contributed by atoms with E-state index in [0.29, 0.717) is 18.6 Å². The van der Waals surface area contributed by atoms with Crippen molar-refractivity contribution in [2.45, 2.75) is 20.3 Å². The van der Waals surface area contributed by atoms with Gasteiger partial charge in [-0.1, -0.05) is 31.7 Å². The van der Waals surface area contributed by atoms with Crippen molar-refractivity contribution in [1.29, 1.82) is 0 Å². The van der Waals surface area contributed by atoms with Crippen molar-refractivity contribution in [2.75, 3.05) is 32.1 Å². The van der Waals surface area contributed by atoms with Gasteiger partial charge in [-0.3, -0.25) is 4.99 Å². The van der Waals surface area contributed by atoms with Crippen molar-refractivity contribution in [1.82, 2.24) is 5.32 Å². The second-order valence-corrected chi connectivity index (χ2v) is 7.19. The number of rotatable bonds is 3. The van der Waals surface area contributed by atoms with Crippen LogP contribution in [0.5, 0.6) is 11.5 Å². The zero-order valence-corrected chi connectivity index (χ0v) is 13.5. The summed E-state index contributed by atoms with van der Waals surface area (Å²) in [5, 5.41) is 4.50. The maximum Gasteiger partial charge on any atom is 0.161 e. The van der Waals surface area contributed by atoms with Gasteiger partial charge < -0.3 is 14.8 Å². The lowest BCUT2D eigenvalue weighted by Gasteiger charge is -2.27. The molecule has 0 aromatic heterocycles. The number of nitrogens with zero attached hydrogens (tertiary/aromatic N) is 1. The third kappa shape index (κ3) is 3.84. The minimum atomic E-state index is 0.325. The van der Waals surface area contributed by atoms with Crippen LogP contribution < -0.4 is 14.8 Å². The maximum atomic E-state index is 5.61. The number of aliphatic imine (C=N–C) groups is 1. The Hall–Kier alpha value is -1.36. The van der Waals surface area contributed by atoms with Crippen LogP contribution in [0.2, 0.25) is 0 Å². The topological polar surface area (TPSA) is 42.9 Å². The van der Waals surface area contributed by atoms with Crippen molar-refractivity contribution >= 4 is 16.9 Å². The van der Waals surface area contributed by atoms with E-state index in [9.17, 15) is 0 Å². The number of amidine groups is 1. The largest absolute Gasteiger partial charge is 0.486 e. The Morgan fingerprint density at radius 3 is 2.81 bits per heavy atom. The highest BCUT2D eigenvalue weighted by Crippen LogP contribution is 2.31. The highest BCUT2D eigenvalue weighted by molar-refractivity contribution is 8.13. The lowest BCUT2D eigenvalue weighted by molar-refractivity contribution is 0.171. The van der Waals surface area contributed by atoms with Gasteiger partial charge >= 0.3 is 0 Å². The van der Waals surface area contributed by atoms with E-state index in [2.05, 4.69) is 36.3 Å². The zero-order chi connectivity index (χ0) is 14.7. The fraction of sp³-hybridized carbons (Fsp3) is 0.562. The van der Waals surface area contributed by atoms with Crippen LogP contribution in [-0.2, 0) is 6.42 Å². The fourth-order valence-corrected chi connectivity index (χ4v) is 3.28. The second kappa shape index (κ2) is 6.18.